The molecule has 1 atom stereocenters. The van der Waals surface area contributed by atoms with Gasteiger partial charge in [-0.3, -0.25) is 4.79 Å². The van der Waals surface area contributed by atoms with E-state index >= 15 is 0 Å². The van der Waals surface area contributed by atoms with E-state index in [0.717, 1.165) is 12.3 Å². The maximum absolute atomic E-state index is 12.1. The average Bonchev–Trinajstić information content (AvgIpc) is 2.43. The summed E-state index contributed by atoms with van der Waals surface area (Å²) in [6, 6.07) is 1.95. The maximum atomic E-state index is 12.1. The Hall–Kier alpha value is -2.00. The predicted octanol–water partition coefficient (Wildman–Crippen LogP) is -0.321. The Balaban J connectivity index is 2.11. The highest BCUT2D eigenvalue weighted by molar-refractivity contribution is 7.89. The summed E-state index contributed by atoms with van der Waals surface area (Å²) in [5.41, 5.74) is -0.0862. The zero-order valence-corrected chi connectivity index (χ0v) is 12.1. The van der Waals surface area contributed by atoms with Crippen LogP contribution in [0.25, 0.3) is 0 Å². The second kappa shape index (κ2) is 5.78. The lowest BCUT2D eigenvalue weighted by atomic mass is 10.1. The second-order valence-electron chi connectivity index (χ2n) is 4.82. The van der Waals surface area contributed by atoms with Gasteiger partial charge in [0.1, 0.15) is 0 Å². The van der Waals surface area contributed by atoms with Gasteiger partial charge in [-0.25, -0.2) is 22.9 Å². The average molecular weight is 313 g/mol. The highest BCUT2D eigenvalue weighted by atomic mass is 32.2. The van der Waals surface area contributed by atoms with Gasteiger partial charge in [-0.2, -0.15) is 0 Å². The number of rotatable bonds is 4. The molecule has 0 aliphatic carbocycles. The number of carbonyl (C=O) groups is 2. The number of hydrogen-bond acceptors (Lipinski definition) is 5. The number of aromatic carboxylic acids is 1. The fourth-order valence-electron chi connectivity index (χ4n) is 2.05. The van der Waals surface area contributed by atoms with Crippen molar-refractivity contribution >= 4 is 21.9 Å². The van der Waals surface area contributed by atoms with E-state index in [9.17, 15) is 18.0 Å². The normalized spacial score (nSPS) is 19.6. The van der Waals surface area contributed by atoms with Gasteiger partial charge in [0.2, 0.25) is 5.91 Å². The molecule has 1 unspecified atom stereocenters. The van der Waals surface area contributed by atoms with Crippen LogP contribution in [0.15, 0.2) is 23.4 Å². The molecule has 2 N–H and O–H groups in total. The molecule has 1 amide bonds. The van der Waals surface area contributed by atoms with Gasteiger partial charge in [-0.05, 0) is 18.6 Å². The zero-order chi connectivity index (χ0) is 15.6. The number of nitrogens with one attached hydrogen (secondary N) is 1. The van der Waals surface area contributed by atoms with Crippen molar-refractivity contribution < 1.29 is 23.1 Å². The number of hydrogen-bond donors (Lipinski definition) is 2. The number of amides is 1. The monoisotopic (exact) mass is 313 g/mol. The smallest absolute Gasteiger partial charge is 0.337 e. The fraction of sp³-hybridized carbons (Fsp3) is 0.417. The maximum Gasteiger partial charge on any atom is 0.337 e. The summed E-state index contributed by atoms with van der Waals surface area (Å²) in [4.78, 5) is 27.2. The van der Waals surface area contributed by atoms with E-state index in [0.29, 0.717) is 13.0 Å². The van der Waals surface area contributed by atoms with Gasteiger partial charge in [-0.15, -0.1) is 0 Å². The third-order valence-electron chi connectivity index (χ3n) is 3.21. The highest BCUT2D eigenvalue weighted by Gasteiger charge is 2.27. The van der Waals surface area contributed by atoms with Gasteiger partial charge in [0.05, 0.1) is 5.56 Å². The van der Waals surface area contributed by atoms with Gasteiger partial charge >= 0.3 is 5.97 Å². The molecular weight excluding hydrogens is 298 g/mol. The Morgan fingerprint density at radius 3 is 2.71 bits per heavy atom. The molecule has 8 nitrogen and oxygen atoms in total. The van der Waals surface area contributed by atoms with Crippen LogP contribution in [0.3, 0.4) is 0 Å². The number of likely N-dealkylation sites (tertiary alicyclic amines) is 1. The lowest BCUT2D eigenvalue weighted by Gasteiger charge is -2.29. The van der Waals surface area contributed by atoms with Crippen LogP contribution in [0, 0.1) is 0 Å². The number of likely N-dealkylation sites (N-methyl/N-ethyl adjacent to an activating group) is 1. The minimum Gasteiger partial charge on any atom is -0.478 e. The molecule has 2 rings (SSSR count). The highest BCUT2D eigenvalue weighted by Crippen LogP contribution is 2.13. The number of aromatic nitrogens is 1. The molecule has 0 aromatic carbocycles. The predicted molar refractivity (Wildman–Crippen MR) is 72.2 cm³/mol. The van der Waals surface area contributed by atoms with Crippen LogP contribution < -0.4 is 4.72 Å². The zero-order valence-electron chi connectivity index (χ0n) is 11.3. The first-order chi connectivity index (χ1) is 9.79. The van der Waals surface area contributed by atoms with Crippen LogP contribution in [-0.2, 0) is 14.8 Å². The van der Waals surface area contributed by atoms with E-state index in [2.05, 4.69) is 9.71 Å². The third-order valence-corrected chi connectivity index (χ3v) is 4.64. The standard InChI is InChI=1S/C12H15N3O5S/c1-15-7-9(3-5-11(15)16)14-21(19,20)10-4-2-8(6-13-10)12(17)18/h2,4,6,9,14H,3,5,7H2,1H3,(H,17,18). The summed E-state index contributed by atoms with van der Waals surface area (Å²) >= 11 is 0. The number of carbonyl (C=O) groups excluding carboxylic acids is 1. The Morgan fingerprint density at radius 2 is 2.19 bits per heavy atom. The Bertz CT molecular complexity index is 656. The molecule has 1 aliphatic rings. The van der Waals surface area contributed by atoms with E-state index in [1.165, 1.54) is 11.0 Å². The Morgan fingerprint density at radius 1 is 1.48 bits per heavy atom. The van der Waals surface area contributed by atoms with Crippen molar-refractivity contribution in [2.45, 2.75) is 23.9 Å². The molecule has 1 aromatic rings. The Kier molecular flexibility index (Phi) is 4.24. The van der Waals surface area contributed by atoms with Gasteiger partial charge in [0.25, 0.3) is 10.0 Å². The molecule has 2 heterocycles. The molecule has 0 bridgehead atoms. The number of sulfonamides is 1. The van der Waals surface area contributed by atoms with Crippen molar-refractivity contribution in [2.75, 3.05) is 13.6 Å². The molecule has 1 aliphatic heterocycles. The van der Waals surface area contributed by atoms with Crippen molar-refractivity contribution in [3.05, 3.63) is 23.9 Å². The number of carboxylic acid groups (broad SMARTS) is 1. The van der Waals surface area contributed by atoms with E-state index in [1.807, 2.05) is 0 Å². The topological polar surface area (TPSA) is 117 Å². The van der Waals surface area contributed by atoms with E-state index in [4.69, 9.17) is 5.11 Å². The second-order valence-corrected chi connectivity index (χ2v) is 6.48. The van der Waals surface area contributed by atoms with Crippen molar-refractivity contribution in [3.8, 4) is 0 Å². The SMILES string of the molecule is CN1CC(NS(=O)(=O)c2ccc(C(=O)O)cn2)CCC1=O. The van der Waals surface area contributed by atoms with E-state index < -0.39 is 16.0 Å². The van der Waals surface area contributed by atoms with Crippen LogP contribution in [0.1, 0.15) is 23.2 Å². The first kappa shape index (κ1) is 15.4. The molecule has 1 fully saturated rings. The van der Waals surface area contributed by atoms with Crippen LogP contribution in [-0.4, -0.2) is 54.9 Å². The molecule has 0 radical (unpaired) electrons. The summed E-state index contributed by atoms with van der Waals surface area (Å²) in [6.45, 7) is 0.297. The van der Waals surface area contributed by atoms with Gasteiger partial charge in [0, 0.05) is 32.3 Å². The molecule has 114 valence electrons. The summed E-state index contributed by atoms with van der Waals surface area (Å²) in [5, 5.41) is 8.51. The first-order valence-corrected chi connectivity index (χ1v) is 7.73. The van der Waals surface area contributed by atoms with Crippen LogP contribution >= 0.6 is 0 Å². The summed E-state index contributed by atoms with van der Waals surface area (Å²) in [7, 11) is -2.22. The molecule has 0 spiro atoms. The summed E-state index contributed by atoms with van der Waals surface area (Å²) in [5.74, 6) is -1.19. The molecule has 0 saturated carbocycles. The van der Waals surface area contributed by atoms with Crippen molar-refractivity contribution in [3.63, 3.8) is 0 Å². The molecule has 21 heavy (non-hydrogen) atoms. The third kappa shape index (κ3) is 3.56. The quantitative estimate of drug-likeness (QED) is 0.787. The van der Waals surface area contributed by atoms with Crippen molar-refractivity contribution in [1.29, 1.82) is 0 Å². The van der Waals surface area contributed by atoms with E-state index in [-0.39, 0.29) is 29.0 Å². The summed E-state index contributed by atoms with van der Waals surface area (Å²) in [6.07, 6.45) is 1.71. The molecular formula is C12H15N3O5S. The number of piperidine rings is 1. The first-order valence-electron chi connectivity index (χ1n) is 6.25. The fourth-order valence-corrected chi connectivity index (χ4v) is 3.24. The van der Waals surface area contributed by atoms with Gasteiger partial charge in [0.15, 0.2) is 5.03 Å². The lowest BCUT2D eigenvalue weighted by Crippen LogP contribution is -2.48. The lowest BCUT2D eigenvalue weighted by molar-refractivity contribution is -0.132. The van der Waals surface area contributed by atoms with Crippen LogP contribution in [0.2, 0.25) is 0 Å². The van der Waals surface area contributed by atoms with Crippen molar-refractivity contribution in [1.82, 2.24) is 14.6 Å². The van der Waals surface area contributed by atoms with Gasteiger partial charge in [-0.1, -0.05) is 0 Å². The number of pyridine rings is 1. The molecule has 1 aromatic heterocycles. The number of carboxylic acids is 1. The minimum absolute atomic E-state index is 0.0191. The minimum atomic E-state index is -3.84. The Labute approximate surface area is 121 Å². The van der Waals surface area contributed by atoms with Crippen molar-refractivity contribution in [2.24, 2.45) is 0 Å². The van der Waals surface area contributed by atoms with Crippen LogP contribution in [0.4, 0.5) is 0 Å². The largest absolute Gasteiger partial charge is 0.478 e. The summed E-state index contributed by atoms with van der Waals surface area (Å²) < 4.78 is 26.8. The molecule has 1 saturated heterocycles. The van der Waals surface area contributed by atoms with Crippen LogP contribution in [0.5, 0.6) is 0 Å². The molecule has 9 heteroatoms. The van der Waals surface area contributed by atoms with E-state index in [1.54, 1.807) is 7.05 Å². The number of nitrogens with zero attached hydrogens (tertiary/aromatic N) is 2. The van der Waals surface area contributed by atoms with Gasteiger partial charge < -0.3 is 10.0 Å².